The van der Waals surface area contributed by atoms with Crippen molar-refractivity contribution in [2.24, 2.45) is 0 Å². The van der Waals surface area contributed by atoms with Gasteiger partial charge in [0.15, 0.2) is 5.82 Å². The summed E-state index contributed by atoms with van der Waals surface area (Å²) in [6.07, 6.45) is 3.92. The molecule has 1 aliphatic rings. The molecule has 0 radical (unpaired) electrons. The van der Waals surface area contributed by atoms with Gasteiger partial charge in [0.25, 0.3) is 0 Å². The van der Waals surface area contributed by atoms with E-state index in [0.29, 0.717) is 6.54 Å². The van der Waals surface area contributed by atoms with Crippen LogP contribution < -0.4 is 4.90 Å². The van der Waals surface area contributed by atoms with Crippen molar-refractivity contribution >= 4 is 5.69 Å². The standard InChI is InChI=1S/C21H26N6/c1-25(17-21-22-23-24-27(21)19-11-4-2-5-12-19)16-18-10-6-7-13-20(18)26-14-8-3-9-15-26/h2,4-7,10-13H,3,8-9,14-17H2,1H3. The molecule has 1 aliphatic heterocycles. The van der Waals surface area contributed by atoms with Crippen LogP contribution in [0.5, 0.6) is 0 Å². The zero-order valence-corrected chi connectivity index (χ0v) is 15.8. The number of nitrogens with zero attached hydrogens (tertiary/aromatic N) is 6. The van der Waals surface area contributed by atoms with Crippen LogP contribution in [0.1, 0.15) is 30.7 Å². The van der Waals surface area contributed by atoms with Crippen LogP contribution in [0.3, 0.4) is 0 Å². The number of anilines is 1. The quantitative estimate of drug-likeness (QED) is 0.673. The summed E-state index contributed by atoms with van der Waals surface area (Å²) >= 11 is 0. The molecule has 4 rings (SSSR count). The highest BCUT2D eigenvalue weighted by Gasteiger charge is 2.16. The first-order valence-electron chi connectivity index (χ1n) is 9.65. The minimum absolute atomic E-state index is 0.691. The Morgan fingerprint density at radius 2 is 1.63 bits per heavy atom. The summed E-state index contributed by atoms with van der Waals surface area (Å²) in [6.45, 7) is 3.88. The number of aromatic nitrogens is 4. The topological polar surface area (TPSA) is 50.1 Å². The molecule has 0 bridgehead atoms. The molecule has 0 atom stereocenters. The van der Waals surface area contributed by atoms with Gasteiger partial charge in [0.1, 0.15) is 0 Å². The van der Waals surface area contributed by atoms with E-state index in [9.17, 15) is 0 Å². The van der Waals surface area contributed by atoms with E-state index in [0.717, 1.165) is 31.1 Å². The van der Waals surface area contributed by atoms with E-state index in [-0.39, 0.29) is 0 Å². The van der Waals surface area contributed by atoms with Gasteiger partial charge < -0.3 is 4.90 Å². The Balaban J connectivity index is 1.48. The zero-order valence-electron chi connectivity index (χ0n) is 15.8. The largest absolute Gasteiger partial charge is 0.371 e. The van der Waals surface area contributed by atoms with Crippen LogP contribution >= 0.6 is 0 Å². The highest BCUT2D eigenvalue weighted by atomic mass is 15.5. The van der Waals surface area contributed by atoms with Crippen LogP contribution in [0.15, 0.2) is 54.6 Å². The van der Waals surface area contributed by atoms with Crippen LogP contribution in [-0.4, -0.2) is 45.2 Å². The number of hydrogen-bond acceptors (Lipinski definition) is 5. The highest BCUT2D eigenvalue weighted by molar-refractivity contribution is 5.53. The van der Waals surface area contributed by atoms with Crippen LogP contribution in [0.2, 0.25) is 0 Å². The van der Waals surface area contributed by atoms with Gasteiger partial charge in [-0.3, -0.25) is 4.90 Å². The third-order valence-electron chi connectivity index (χ3n) is 5.07. The summed E-state index contributed by atoms with van der Waals surface area (Å²) in [5, 5.41) is 12.3. The maximum absolute atomic E-state index is 4.24. The first-order valence-corrected chi connectivity index (χ1v) is 9.65. The molecule has 0 N–H and O–H groups in total. The molecule has 0 amide bonds. The third kappa shape index (κ3) is 4.17. The summed E-state index contributed by atoms with van der Waals surface area (Å²) in [5.41, 5.74) is 3.71. The summed E-state index contributed by atoms with van der Waals surface area (Å²) in [4.78, 5) is 4.80. The van der Waals surface area contributed by atoms with Crippen molar-refractivity contribution in [3.63, 3.8) is 0 Å². The van der Waals surface area contributed by atoms with Crippen molar-refractivity contribution in [3.8, 4) is 5.69 Å². The van der Waals surface area contributed by atoms with Gasteiger partial charge in [-0.1, -0.05) is 36.4 Å². The number of para-hydroxylation sites is 2. The Labute approximate surface area is 160 Å². The van der Waals surface area contributed by atoms with Gasteiger partial charge in [-0.2, -0.15) is 4.68 Å². The van der Waals surface area contributed by atoms with E-state index in [1.807, 2.05) is 35.0 Å². The first-order chi connectivity index (χ1) is 13.3. The minimum atomic E-state index is 0.691. The average molecular weight is 362 g/mol. The fourth-order valence-electron chi connectivity index (χ4n) is 3.75. The van der Waals surface area contributed by atoms with Crippen molar-refractivity contribution in [1.29, 1.82) is 0 Å². The average Bonchev–Trinajstić information content (AvgIpc) is 3.17. The molecule has 3 aromatic rings. The van der Waals surface area contributed by atoms with E-state index in [2.05, 4.69) is 56.6 Å². The maximum Gasteiger partial charge on any atom is 0.170 e. The highest BCUT2D eigenvalue weighted by Crippen LogP contribution is 2.25. The fraction of sp³-hybridized carbons (Fsp3) is 0.381. The second-order valence-corrected chi connectivity index (χ2v) is 7.19. The van der Waals surface area contributed by atoms with Gasteiger partial charge in [0.05, 0.1) is 12.2 Å². The van der Waals surface area contributed by atoms with Crippen LogP contribution in [0.4, 0.5) is 5.69 Å². The molecule has 1 fully saturated rings. The molecular formula is C21H26N6. The lowest BCUT2D eigenvalue weighted by Crippen LogP contribution is -2.31. The number of piperidine rings is 1. The van der Waals surface area contributed by atoms with Crippen LogP contribution in [0, 0.1) is 0 Å². The molecule has 0 aliphatic carbocycles. The van der Waals surface area contributed by atoms with E-state index in [1.54, 1.807) is 0 Å². The molecule has 0 spiro atoms. The molecule has 6 nitrogen and oxygen atoms in total. The number of benzene rings is 2. The molecule has 0 unspecified atom stereocenters. The SMILES string of the molecule is CN(Cc1ccccc1N1CCCCC1)Cc1nnnn1-c1ccccc1. The Kier molecular flexibility index (Phi) is 5.44. The van der Waals surface area contributed by atoms with Gasteiger partial charge in [-0.05, 0) is 60.5 Å². The lowest BCUT2D eigenvalue weighted by molar-refractivity contribution is 0.307. The van der Waals surface area contributed by atoms with Gasteiger partial charge in [-0.25, -0.2) is 0 Å². The summed E-state index contributed by atoms with van der Waals surface area (Å²) in [5.74, 6) is 0.846. The van der Waals surface area contributed by atoms with Crippen LogP contribution in [0.25, 0.3) is 5.69 Å². The smallest absolute Gasteiger partial charge is 0.170 e. The summed E-state index contributed by atoms with van der Waals surface area (Å²) in [6, 6.07) is 18.8. The Morgan fingerprint density at radius 3 is 2.44 bits per heavy atom. The second-order valence-electron chi connectivity index (χ2n) is 7.19. The van der Waals surface area contributed by atoms with Gasteiger partial charge in [0, 0.05) is 25.3 Å². The van der Waals surface area contributed by atoms with Crippen molar-refractivity contribution in [2.75, 3.05) is 25.0 Å². The number of tetrazole rings is 1. The molecule has 27 heavy (non-hydrogen) atoms. The van der Waals surface area contributed by atoms with Crippen molar-refractivity contribution < 1.29 is 0 Å². The molecule has 2 heterocycles. The Bertz CT molecular complexity index is 854. The van der Waals surface area contributed by atoms with E-state index in [4.69, 9.17) is 0 Å². The molecule has 0 saturated carbocycles. The predicted molar refractivity (Wildman–Crippen MR) is 107 cm³/mol. The van der Waals surface area contributed by atoms with Crippen LogP contribution in [-0.2, 0) is 13.1 Å². The zero-order chi connectivity index (χ0) is 18.5. The normalized spacial score (nSPS) is 14.7. The molecule has 140 valence electrons. The fourth-order valence-corrected chi connectivity index (χ4v) is 3.75. The second kappa shape index (κ2) is 8.31. The van der Waals surface area contributed by atoms with E-state index < -0.39 is 0 Å². The third-order valence-corrected chi connectivity index (χ3v) is 5.07. The van der Waals surface area contributed by atoms with Crippen molar-refractivity contribution in [1.82, 2.24) is 25.1 Å². The molecule has 1 saturated heterocycles. The van der Waals surface area contributed by atoms with E-state index >= 15 is 0 Å². The van der Waals surface area contributed by atoms with Gasteiger partial charge in [-0.15, -0.1) is 5.10 Å². The molecular weight excluding hydrogens is 336 g/mol. The van der Waals surface area contributed by atoms with Crippen molar-refractivity contribution in [2.45, 2.75) is 32.4 Å². The lowest BCUT2D eigenvalue weighted by atomic mass is 10.1. The predicted octanol–water partition coefficient (Wildman–Crippen LogP) is 3.28. The Morgan fingerprint density at radius 1 is 0.889 bits per heavy atom. The summed E-state index contributed by atoms with van der Waals surface area (Å²) < 4.78 is 1.81. The minimum Gasteiger partial charge on any atom is -0.371 e. The number of hydrogen-bond donors (Lipinski definition) is 0. The van der Waals surface area contributed by atoms with Gasteiger partial charge in [0.2, 0.25) is 0 Å². The van der Waals surface area contributed by atoms with Gasteiger partial charge >= 0.3 is 0 Å². The maximum atomic E-state index is 4.24. The Hall–Kier alpha value is -2.73. The molecule has 6 heteroatoms. The van der Waals surface area contributed by atoms with E-state index in [1.165, 1.54) is 30.5 Å². The molecule has 2 aromatic carbocycles. The number of rotatable bonds is 6. The first kappa shape index (κ1) is 17.7. The molecule has 1 aromatic heterocycles. The summed E-state index contributed by atoms with van der Waals surface area (Å²) in [7, 11) is 2.12. The van der Waals surface area contributed by atoms with Crippen molar-refractivity contribution in [3.05, 3.63) is 66.0 Å². The lowest BCUT2D eigenvalue weighted by Gasteiger charge is -2.31. The monoisotopic (exact) mass is 362 g/mol.